The van der Waals surface area contributed by atoms with Crippen molar-refractivity contribution in [2.75, 3.05) is 5.32 Å². The van der Waals surface area contributed by atoms with Crippen molar-refractivity contribution in [1.82, 2.24) is 15.5 Å². The van der Waals surface area contributed by atoms with Crippen molar-refractivity contribution in [3.8, 4) is 17.3 Å². The Labute approximate surface area is 153 Å². The summed E-state index contributed by atoms with van der Waals surface area (Å²) in [4.78, 5) is 11.2. The Bertz CT molecular complexity index is 983. The number of benzene rings is 2. The fourth-order valence-electron chi connectivity index (χ4n) is 2.56. The van der Waals surface area contributed by atoms with Crippen LogP contribution in [0.2, 0.25) is 0 Å². The van der Waals surface area contributed by atoms with E-state index in [0.29, 0.717) is 5.69 Å². The Kier molecular flexibility index (Phi) is 4.55. The molecule has 0 saturated carbocycles. The van der Waals surface area contributed by atoms with Gasteiger partial charge in [-0.15, -0.1) is 0 Å². The summed E-state index contributed by atoms with van der Waals surface area (Å²) < 4.78 is 2.68. The SMILES string of the molecule is Cn1ncc(Br)c1-c1cccc(Nc2ccc(C([NH])=O)c(C#N)c2)c1. The summed E-state index contributed by atoms with van der Waals surface area (Å²) in [5.41, 5.74) is 10.9. The molecule has 2 aromatic carbocycles. The van der Waals surface area contributed by atoms with Crippen LogP contribution in [0.3, 0.4) is 0 Å². The van der Waals surface area contributed by atoms with Crippen LogP contribution in [0.25, 0.3) is 11.3 Å². The average Bonchev–Trinajstić information content (AvgIpc) is 2.93. The number of amides is 1. The average molecular weight is 395 g/mol. The van der Waals surface area contributed by atoms with E-state index in [1.165, 1.54) is 6.07 Å². The minimum atomic E-state index is -0.869. The maximum Gasteiger partial charge on any atom is 0.271 e. The van der Waals surface area contributed by atoms with E-state index in [9.17, 15) is 4.79 Å². The van der Waals surface area contributed by atoms with Gasteiger partial charge in [0.25, 0.3) is 5.91 Å². The van der Waals surface area contributed by atoms with Crippen LogP contribution in [0, 0.1) is 11.3 Å². The minimum Gasteiger partial charge on any atom is -0.355 e. The molecule has 0 aliphatic heterocycles. The Morgan fingerprint density at radius 2 is 2.04 bits per heavy atom. The smallest absolute Gasteiger partial charge is 0.271 e. The number of halogens is 1. The number of carbonyl (C=O) groups excluding carboxylic acids is 1. The number of hydrogen-bond acceptors (Lipinski definition) is 4. The number of rotatable bonds is 4. The lowest BCUT2D eigenvalue weighted by molar-refractivity contribution is 0.0992. The van der Waals surface area contributed by atoms with Gasteiger partial charge in [0.05, 0.1) is 27.5 Å². The van der Waals surface area contributed by atoms with E-state index in [2.05, 4.69) is 26.3 Å². The third kappa shape index (κ3) is 3.39. The highest BCUT2D eigenvalue weighted by Gasteiger charge is 2.11. The summed E-state index contributed by atoms with van der Waals surface area (Å²) in [5.74, 6) is -0.869. The quantitative estimate of drug-likeness (QED) is 0.725. The highest BCUT2D eigenvalue weighted by molar-refractivity contribution is 9.10. The van der Waals surface area contributed by atoms with Crippen LogP contribution in [0.1, 0.15) is 15.9 Å². The molecule has 1 aromatic heterocycles. The molecule has 25 heavy (non-hydrogen) atoms. The second-order valence-electron chi connectivity index (χ2n) is 5.37. The molecule has 7 heteroatoms. The number of anilines is 2. The van der Waals surface area contributed by atoms with E-state index in [4.69, 9.17) is 11.0 Å². The molecule has 1 radical (unpaired) electrons. The van der Waals surface area contributed by atoms with Crippen LogP contribution in [0.5, 0.6) is 0 Å². The van der Waals surface area contributed by atoms with Crippen molar-refractivity contribution in [1.29, 1.82) is 5.26 Å². The van der Waals surface area contributed by atoms with E-state index >= 15 is 0 Å². The minimum absolute atomic E-state index is 0.0978. The number of aromatic nitrogens is 2. The summed E-state index contributed by atoms with van der Waals surface area (Å²) in [6, 6.07) is 14.5. The fraction of sp³-hybridized carbons (Fsp3) is 0.0556. The van der Waals surface area contributed by atoms with Gasteiger partial charge < -0.3 is 5.32 Å². The first-order valence-corrected chi connectivity index (χ1v) is 8.14. The van der Waals surface area contributed by atoms with Gasteiger partial charge in [-0.3, -0.25) is 15.2 Å². The summed E-state index contributed by atoms with van der Waals surface area (Å²) in [6.07, 6.45) is 1.74. The summed E-state index contributed by atoms with van der Waals surface area (Å²) in [7, 11) is 1.87. The summed E-state index contributed by atoms with van der Waals surface area (Å²) in [6.45, 7) is 0. The monoisotopic (exact) mass is 394 g/mol. The van der Waals surface area contributed by atoms with E-state index in [1.807, 2.05) is 37.4 Å². The topological polar surface area (TPSA) is 94.5 Å². The maximum absolute atomic E-state index is 11.2. The number of nitrogens with zero attached hydrogens (tertiary/aromatic N) is 3. The highest BCUT2D eigenvalue weighted by Crippen LogP contribution is 2.30. The van der Waals surface area contributed by atoms with Crippen molar-refractivity contribution < 1.29 is 4.79 Å². The lowest BCUT2D eigenvalue weighted by atomic mass is 10.1. The van der Waals surface area contributed by atoms with E-state index in [0.717, 1.165) is 21.4 Å². The van der Waals surface area contributed by atoms with Gasteiger partial charge in [0.15, 0.2) is 0 Å². The van der Waals surface area contributed by atoms with E-state index in [1.54, 1.807) is 23.0 Å². The molecule has 0 fully saturated rings. The van der Waals surface area contributed by atoms with E-state index in [-0.39, 0.29) is 11.1 Å². The van der Waals surface area contributed by atoms with Crippen LogP contribution in [0.15, 0.2) is 53.1 Å². The van der Waals surface area contributed by atoms with Crippen LogP contribution in [0.4, 0.5) is 11.4 Å². The van der Waals surface area contributed by atoms with Crippen molar-refractivity contribution in [2.24, 2.45) is 7.05 Å². The van der Waals surface area contributed by atoms with Crippen LogP contribution < -0.4 is 11.1 Å². The molecule has 0 atom stereocenters. The third-order valence-corrected chi connectivity index (χ3v) is 4.28. The predicted molar refractivity (Wildman–Crippen MR) is 98.2 cm³/mol. The zero-order valence-corrected chi connectivity index (χ0v) is 14.8. The molecule has 0 saturated heterocycles. The van der Waals surface area contributed by atoms with Crippen LogP contribution >= 0.6 is 15.9 Å². The molecule has 0 aliphatic rings. The first-order chi connectivity index (χ1) is 12.0. The number of carbonyl (C=O) groups is 1. The number of hydrogen-bond donors (Lipinski definition) is 1. The van der Waals surface area contributed by atoms with Crippen molar-refractivity contribution in [2.45, 2.75) is 0 Å². The van der Waals surface area contributed by atoms with Gasteiger partial charge in [0.1, 0.15) is 6.07 Å². The summed E-state index contributed by atoms with van der Waals surface area (Å²) >= 11 is 3.50. The summed E-state index contributed by atoms with van der Waals surface area (Å²) in [5, 5.41) is 16.6. The first kappa shape index (κ1) is 16.7. The molecule has 0 aliphatic carbocycles. The zero-order valence-electron chi connectivity index (χ0n) is 13.2. The van der Waals surface area contributed by atoms with Gasteiger partial charge in [-0.2, -0.15) is 10.4 Å². The molecule has 0 bridgehead atoms. The van der Waals surface area contributed by atoms with Gasteiger partial charge in [0, 0.05) is 24.0 Å². The van der Waals surface area contributed by atoms with Crippen molar-refractivity contribution in [3.05, 3.63) is 64.3 Å². The molecule has 0 spiro atoms. The number of nitrogens with one attached hydrogen (secondary N) is 2. The van der Waals surface area contributed by atoms with Gasteiger partial charge in [0.2, 0.25) is 0 Å². The predicted octanol–water partition coefficient (Wildman–Crippen LogP) is 3.89. The normalized spacial score (nSPS) is 10.3. The molecular formula is C18H13BrN5O. The molecule has 6 nitrogen and oxygen atoms in total. The first-order valence-electron chi connectivity index (χ1n) is 7.34. The highest BCUT2D eigenvalue weighted by atomic mass is 79.9. The van der Waals surface area contributed by atoms with Crippen LogP contribution in [-0.2, 0) is 7.05 Å². The second kappa shape index (κ2) is 6.79. The maximum atomic E-state index is 11.2. The largest absolute Gasteiger partial charge is 0.355 e. The molecule has 3 rings (SSSR count). The van der Waals surface area contributed by atoms with Gasteiger partial charge in [-0.25, -0.2) is 0 Å². The Hall–Kier alpha value is -3.11. The zero-order chi connectivity index (χ0) is 18.0. The third-order valence-electron chi connectivity index (χ3n) is 3.70. The second-order valence-corrected chi connectivity index (χ2v) is 6.23. The van der Waals surface area contributed by atoms with E-state index < -0.39 is 5.91 Å². The van der Waals surface area contributed by atoms with Crippen molar-refractivity contribution >= 4 is 33.2 Å². The van der Waals surface area contributed by atoms with Gasteiger partial charge >= 0.3 is 0 Å². The number of nitriles is 1. The van der Waals surface area contributed by atoms with Crippen molar-refractivity contribution in [3.63, 3.8) is 0 Å². The molecule has 1 heterocycles. The Balaban J connectivity index is 1.93. The van der Waals surface area contributed by atoms with Crippen LogP contribution in [-0.4, -0.2) is 15.7 Å². The van der Waals surface area contributed by atoms with Gasteiger partial charge in [-0.05, 0) is 46.3 Å². The standard InChI is InChI=1S/C18H13BrN5O/c1-24-17(16(19)10-22-24)11-3-2-4-13(7-11)23-14-5-6-15(18(21)25)12(8-14)9-20/h2-8,10,21,23H,1H3. The fourth-order valence-corrected chi connectivity index (χ4v) is 3.14. The molecule has 1 amide bonds. The molecule has 123 valence electrons. The van der Waals surface area contributed by atoms with Gasteiger partial charge in [-0.1, -0.05) is 12.1 Å². The molecule has 3 aromatic rings. The molecular weight excluding hydrogens is 382 g/mol. The molecule has 0 unspecified atom stereocenters. The number of aryl methyl sites for hydroxylation is 1. The lowest BCUT2D eigenvalue weighted by Crippen LogP contribution is -2.03. The lowest BCUT2D eigenvalue weighted by Gasteiger charge is -2.10. The molecule has 2 N–H and O–H groups in total. The Morgan fingerprint density at radius 1 is 1.28 bits per heavy atom. The Morgan fingerprint density at radius 3 is 2.68 bits per heavy atom.